The first kappa shape index (κ1) is 9.53. The van der Waals surface area contributed by atoms with E-state index in [1.54, 1.807) is 18.4 Å². The van der Waals surface area contributed by atoms with Crippen molar-refractivity contribution >= 4 is 10.8 Å². The SMILES string of the molecule is C=C/C=C/Oc1ccc2ccccc2c1. The van der Waals surface area contributed by atoms with E-state index in [-0.39, 0.29) is 0 Å². The summed E-state index contributed by atoms with van der Waals surface area (Å²) < 4.78 is 5.40. The first-order valence-corrected chi connectivity index (χ1v) is 4.83. The number of benzene rings is 2. The third kappa shape index (κ3) is 2.26. The van der Waals surface area contributed by atoms with E-state index >= 15 is 0 Å². The second kappa shape index (κ2) is 4.47. The Hall–Kier alpha value is -2.02. The third-order valence-electron chi connectivity index (χ3n) is 2.14. The fourth-order valence-corrected chi connectivity index (χ4v) is 1.41. The lowest BCUT2D eigenvalue weighted by molar-refractivity contribution is 0.482. The van der Waals surface area contributed by atoms with Crippen LogP contribution in [0.2, 0.25) is 0 Å². The molecule has 0 fully saturated rings. The van der Waals surface area contributed by atoms with Crippen LogP contribution in [0.4, 0.5) is 0 Å². The van der Waals surface area contributed by atoms with Crippen LogP contribution in [0.5, 0.6) is 5.75 Å². The molecule has 0 heterocycles. The van der Waals surface area contributed by atoms with E-state index < -0.39 is 0 Å². The van der Waals surface area contributed by atoms with Gasteiger partial charge in [0.1, 0.15) is 5.75 Å². The summed E-state index contributed by atoms with van der Waals surface area (Å²) in [6.07, 6.45) is 5.06. The Morgan fingerprint density at radius 1 is 1.00 bits per heavy atom. The molecule has 1 heteroatoms. The zero-order valence-corrected chi connectivity index (χ0v) is 8.39. The normalized spacial score (nSPS) is 10.7. The summed E-state index contributed by atoms with van der Waals surface area (Å²) in [6.45, 7) is 3.57. The molecule has 0 bridgehead atoms. The van der Waals surface area contributed by atoms with Gasteiger partial charge in [-0.15, -0.1) is 0 Å². The molecule has 0 N–H and O–H groups in total. The lowest BCUT2D eigenvalue weighted by Gasteiger charge is -2.01. The molecule has 0 saturated carbocycles. The lowest BCUT2D eigenvalue weighted by atomic mass is 10.1. The lowest BCUT2D eigenvalue weighted by Crippen LogP contribution is -1.81. The molecule has 0 aliphatic heterocycles. The minimum absolute atomic E-state index is 0.840. The van der Waals surface area contributed by atoms with Crippen LogP contribution in [-0.4, -0.2) is 0 Å². The maximum atomic E-state index is 5.40. The molecule has 0 amide bonds. The number of allylic oxidation sites excluding steroid dienone is 2. The van der Waals surface area contributed by atoms with Gasteiger partial charge in [0.05, 0.1) is 6.26 Å². The molecule has 0 aromatic heterocycles. The van der Waals surface area contributed by atoms with Gasteiger partial charge in [0.2, 0.25) is 0 Å². The molecule has 0 spiro atoms. The highest BCUT2D eigenvalue weighted by atomic mass is 16.5. The smallest absolute Gasteiger partial charge is 0.127 e. The highest BCUT2D eigenvalue weighted by Gasteiger charge is 1.94. The topological polar surface area (TPSA) is 9.23 Å². The molecule has 74 valence electrons. The van der Waals surface area contributed by atoms with Gasteiger partial charge in [-0.1, -0.05) is 43.0 Å². The standard InChI is InChI=1S/C14H12O/c1-2-3-10-15-14-9-8-12-6-4-5-7-13(12)11-14/h2-11H,1H2/b10-3+. The minimum Gasteiger partial charge on any atom is -0.465 e. The fourth-order valence-electron chi connectivity index (χ4n) is 1.41. The molecule has 15 heavy (non-hydrogen) atoms. The second-order valence-corrected chi connectivity index (χ2v) is 3.19. The van der Waals surface area contributed by atoms with E-state index in [9.17, 15) is 0 Å². The van der Waals surface area contributed by atoms with Gasteiger partial charge in [-0.25, -0.2) is 0 Å². The van der Waals surface area contributed by atoms with Gasteiger partial charge in [0.15, 0.2) is 0 Å². The highest BCUT2D eigenvalue weighted by molar-refractivity contribution is 5.83. The second-order valence-electron chi connectivity index (χ2n) is 3.19. The molecule has 2 rings (SSSR count). The van der Waals surface area contributed by atoms with E-state index in [0.29, 0.717) is 0 Å². The average Bonchev–Trinajstić information content (AvgIpc) is 2.29. The third-order valence-corrected chi connectivity index (χ3v) is 2.14. The maximum Gasteiger partial charge on any atom is 0.127 e. The van der Waals surface area contributed by atoms with Crippen molar-refractivity contribution in [3.8, 4) is 5.75 Å². The Morgan fingerprint density at radius 2 is 1.80 bits per heavy atom. The van der Waals surface area contributed by atoms with E-state index in [1.165, 1.54) is 10.8 Å². The maximum absolute atomic E-state index is 5.40. The molecule has 0 saturated heterocycles. The van der Waals surface area contributed by atoms with Crippen LogP contribution in [0.25, 0.3) is 10.8 Å². The Bertz CT molecular complexity index is 497. The van der Waals surface area contributed by atoms with Crippen molar-refractivity contribution in [3.63, 3.8) is 0 Å². The molecule has 1 nitrogen and oxygen atoms in total. The summed E-state index contributed by atoms with van der Waals surface area (Å²) in [5.74, 6) is 0.840. The Kier molecular flexibility index (Phi) is 2.84. The molecule has 0 aliphatic carbocycles. The fraction of sp³-hybridized carbons (Fsp3) is 0. The summed E-state index contributed by atoms with van der Waals surface area (Å²) in [5.41, 5.74) is 0. The molecular weight excluding hydrogens is 184 g/mol. The first-order chi connectivity index (χ1) is 7.40. The van der Waals surface area contributed by atoms with E-state index in [1.807, 2.05) is 30.3 Å². The van der Waals surface area contributed by atoms with E-state index in [4.69, 9.17) is 4.74 Å². The molecular formula is C14H12O. The van der Waals surface area contributed by atoms with Crippen LogP contribution in [0.15, 0.2) is 67.5 Å². The number of hydrogen-bond donors (Lipinski definition) is 0. The zero-order chi connectivity index (χ0) is 10.5. The number of rotatable bonds is 3. The summed E-state index contributed by atoms with van der Waals surface area (Å²) in [5, 5.41) is 2.40. The Morgan fingerprint density at radius 3 is 2.60 bits per heavy atom. The van der Waals surface area contributed by atoms with Crippen molar-refractivity contribution in [2.24, 2.45) is 0 Å². The van der Waals surface area contributed by atoms with Gasteiger partial charge in [0.25, 0.3) is 0 Å². The summed E-state index contributed by atoms with van der Waals surface area (Å²) in [7, 11) is 0. The largest absolute Gasteiger partial charge is 0.465 e. The monoisotopic (exact) mass is 196 g/mol. The van der Waals surface area contributed by atoms with Gasteiger partial charge < -0.3 is 4.74 Å². The van der Waals surface area contributed by atoms with E-state index in [2.05, 4.69) is 18.7 Å². The van der Waals surface area contributed by atoms with Crippen LogP contribution in [0.3, 0.4) is 0 Å². The van der Waals surface area contributed by atoms with Crippen molar-refractivity contribution in [2.45, 2.75) is 0 Å². The van der Waals surface area contributed by atoms with Crippen molar-refractivity contribution in [2.75, 3.05) is 0 Å². The Balaban J connectivity index is 2.30. The summed E-state index contributed by atoms with van der Waals surface area (Å²) >= 11 is 0. The van der Waals surface area contributed by atoms with Gasteiger partial charge >= 0.3 is 0 Å². The van der Waals surface area contributed by atoms with Gasteiger partial charge in [-0.3, -0.25) is 0 Å². The average molecular weight is 196 g/mol. The van der Waals surface area contributed by atoms with Gasteiger partial charge in [-0.2, -0.15) is 0 Å². The van der Waals surface area contributed by atoms with Crippen LogP contribution in [0, 0.1) is 0 Å². The number of hydrogen-bond acceptors (Lipinski definition) is 1. The first-order valence-electron chi connectivity index (χ1n) is 4.83. The van der Waals surface area contributed by atoms with Crippen molar-refractivity contribution in [1.82, 2.24) is 0 Å². The molecule has 0 radical (unpaired) electrons. The van der Waals surface area contributed by atoms with Crippen LogP contribution < -0.4 is 4.74 Å². The predicted octanol–water partition coefficient (Wildman–Crippen LogP) is 3.92. The predicted molar refractivity (Wildman–Crippen MR) is 63.9 cm³/mol. The minimum atomic E-state index is 0.840. The summed E-state index contributed by atoms with van der Waals surface area (Å²) in [6, 6.07) is 14.2. The highest BCUT2D eigenvalue weighted by Crippen LogP contribution is 2.20. The number of fused-ring (bicyclic) bond motifs is 1. The molecule has 2 aromatic carbocycles. The van der Waals surface area contributed by atoms with Crippen LogP contribution >= 0.6 is 0 Å². The number of ether oxygens (including phenoxy) is 1. The van der Waals surface area contributed by atoms with Gasteiger partial charge in [-0.05, 0) is 29.0 Å². The van der Waals surface area contributed by atoms with Crippen LogP contribution in [-0.2, 0) is 0 Å². The molecule has 0 atom stereocenters. The zero-order valence-electron chi connectivity index (χ0n) is 8.39. The molecule has 0 aliphatic rings. The van der Waals surface area contributed by atoms with Crippen LogP contribution in [0.1, 0.15) is 0 Å². The quantitative estimate of drug-likeness (QED) is 0.534. The van der Waals surface area contributed by atoms with Gasteiger partial charge in [0, 0.05) is 0 Å². The van der Waals surface area contributed by atoms with Crippen molar-refractivity contribution in [3.05, 3.63) is 67.5 Å². The summed E-state index contributed by atoms with van der Waals surface area (Å²) in [4.78, 5) is 0. The molecule has 2 aromatic rings. The van der Waals surface area contributed by atoms with Crippen molar-refractivity contribution < 1.29 is 4.74 Å². The van der Waals surface area contributed by atoms with Crippen molar-refractivity contribution in [1.29, 1.82) is 0 Å². The van der Waals surface area contributed by atoms with E-state index in [0.717, 1.165) is 5.75 Å². The Labute approximate surface area is 89.3 Å². The molecule has 0 unspecified atom stereocenters.